The third kappa shape index (κ3) is 4.18. The first-order valence-corrected chi connectivity index (χ1v) is 11.6. The van der Waals surface area contributed by atoms with Crippen molar-refractivity contribution in [3.8, 4) is 0 Å². The number of amidine groups is 1. The van der Waals surface area contributed by atoms with Gasteiger partial charge in [-0.3, -0.25) is 9.59 Å². The predicted molar refractivity (Wildman–Crippen MR) is 119 cm³/mol. The van der Waals surface area contributed by atoms with Gasteiger partial charge in [0.25, 0.3) is 10.0 Å². The van der Waals surface area contributed by atoms with Gasteiger partial charge in [0.2, 0.25) is 11.8 Å². The Balaban J connectivity index is 1.51. The van der Waals surface area contributed by atoms with Crippen molar-refractivity contribution in [3.05, 3.63) is 53.6 Å². The molecule has 2 aromatic rings. The molecule has 1 fully saturated rings. The summed E-state index contributed by atoms with van der Waals surface area (Å²) in [6, 6.07) is 12.1. The number of fused-ring (bicyclic) bond motifs is 1. The average Bonchev–Trinajstić information content (AvgIpc) is 3.02. The maximum atomic E-state index is 13.0. The van der Waals surface area contributed by atoms with Gasteiger partial charge >= 0.3 is 0 Å². The zero-order valence-corrected chi connectivity index (χ0v) is 18.2. The molecule has 2 aliphatic rings. The molecule has 0 aromatic heterocycles. The van der Waals surface area contributed by atoms with Crippen molar-refractivity contribution < 1.29 is 18.0 Å². The van der Waals surface area contributed by atoms with E-state index in [2.05, 4.69) is 15.0 Å². The van der Waals surface area contributed by atoms with Crippen molar-refractivity contribution in [1.82, 2.24) is 4.90 Å². The number of rotatable bonds is 3. The molecular formula is C22H24N4O4S. The van der Waals surface area contributed by atoms with Gasteiger partial charge in [0, 0.05) is 37.0 Å². The lowest BCUT2D eigenvalue weighted by Gasteiger charge is -2.33. The number of benzene rings is 2. The van der Waals surface area contributed by atoms with Crippen molar-refractivity contribution in [2.45, 2.75) is 31.6 Å². The lowest BCUT2D eigenvalue weighted by molar-refractivity contribution is -0.121. The number of nitrogens with one attached hydrogen (secondary N) is 2. The van der Waals surface area contributed by atoms with Crippen LogP contribution in [0, 0.1) is 12.8 Å². The number of amides is 2. The monoisotopic (exact) mass is 440 g/mol. The molecule has 2 heterocycles. The van der Waals surface area contributed by atoms with E-state index in [1.165, 1.54) is 6.92 Å². The summed E-state index contributed by atoms with van der Waals surface area (Å²) in [7, 11) is -3.70. The number of carbonyl (C=O) groups excluding carboxylic acids is 2. The maximum Gasteiger partial charge on any atom is 0.285 e. The van der Waals surface area contributed by atoms with E-state index >= 15 is 0 Å². The Morgan fingerprint density at radius 2 is 1.77 bits per heavy atom. The van der Waals surface area contributed by atoms with Crippen LogP contribution in [0.2, 0.25) is 0 Å². The smallest absolute Gasteiger partial charge is 0.285 e. The molecule has 31 heavy (non-hydrogen) atoms. The lowest BCUT2D eigenvalue weighted by atomic mass is 9.96. The maximum absolute atomic E-state index is 13.0. The van der Waals surface area contributed by atoms with E-state index in [1.807, 2.05) is 11.8 Å². The van der Waals surface area contributed by atoms with Crippen LogP contribution in [0.5, 0.6) is 0 Å². The van der Waals surface area contributed by atoms with Crippen LogP contribution in [0.3, 0.4) is 0 Å². The Kier molecular flexibility index (Phi) is 5.53. The largest absolute Gasteiger partial charge is 0.355 e. The molecule has 1 unspecified atom stereocenters. The second kappa shape index (κ2) is 8.14. The van der Waals surface area contributed by atoms with E-state index in [9.17, 15) is 18.0 Å². The molecule has 0 aliphatic carbocycles. The molecule has 2 aromatic carbocycles. The van der Waals surface area contributed by atoms with Crippen molar-refractivity contribution in [3.63, 3.8) is 0 Å². The summed E-state index contributed by atoms with van der Waals surface area (Å²) in [6.45, 7) is 4.30. The third-order valence-corrected chi connectivity index (χ3v) is 6.93. The number of hydrogen-bond acceptors (Lipinski definition) is 5. The summed E-state index contributed by atoms with van der Waals surface area (Å²) >= 11 is 0. The van der Waals surface area contributed by atoms with Crippen molar-refractivity contribution in [2.24, 2.45) is 10.3 Å². The van der Waals surface area contributed by atoms with Crippen LogP contribution >= 0.6 is 0 Å². The number of anilines is 2. The first-order valence-electron chi connectivity index (χ1n) is 10.1. The van der Waals surface area contributed by atoms with Crippen molar-refractivity contribution >= 4 is 39.0 Å². The van der Waals surface area contributed by atoms with Crippen LogP contribution in [-0.2, 0) is 19.6 Å². The van der Waals surface area contributed by atoms with Crippen LogP contribution < -0.4 is 10.6 Å². The minimum Gasteiger partial charge on any atom is -0.355 e. The second-order valence-electron chi connectivity index (χ2n) is 7.82. The van der Waals surface area contributed by atoms with Gasteiger partial charge in [-0.05, 0) is 49.6 Å². The first-order chi connectivity index (χ1) is 14.8. The number of nitrogens with zero attached hydrogens (tertiary/aromatic N) is 2. The highest BCUT2D eigenvalue weighted by Gasteiger charge is 2.35. The van der Waals surface area contributed by atoms with E-state index in [0.717, 1.165) is 12.0 Å². The fourth-order valence-corrected chi connectivity index (χ4v) is 5.26. The van der Waals surface area contributed by atoms with E-state index in [-0.39, 0.29) is 22.6 Å². The van der Waals surface area contributed by atoms with Crippen LogP contribution in [0.4, 0.5) is 11.4 Å². The minimum atomic E-state index is -3.70. The summed E-state index contributed by atoms with van der Waals surface area (Å²) in [4.78, 5) is 26.5. The summed E-state index contributed by atoms with van der Waals surface area (Å²) in [5, 5.41) is 5.72. The standard InChI is InChI=1S/C22H24N4O4S/c1-14-18(23-15(2)27)9-5-10-19(14)24-22(28)16-7-6-12-26(13-16)21-17-8-3-4-11-20(17)31(29,30)25-21/h3-5,8-11,16H,6-7,12-13H2,1-2H3,(H,23,27)(H,24,28). The summed E-state index contributed by atoms with van der Waals surface area (Å²) in [5.41, 5.74) is 2.65. The van der Waals surface area contributed by atoms with E-state index < -0.39 is 10.0 Å². The Hall–Kier alpha value is -3.20. The highest BCUT2D eigenvalue weighted by Crippen LogP contribution is 2.30. The Labute approximate surface area is 181 Å². The number of sulfonamides is 1. The summed E-state index contributed by atoms with van der Waals surface area (Å²) in [5.74, 6) is -0.211. The fourth-order valence-electron chi connectivity index (χ4n) is 4.03. The topological polar surface area (TPSA) is 108 Å². The molecule has 9 heteroatoms. The van der Waals surface area contributed by atoms with Crippen LogP contribution in [0.25, 0.3) is 0 Å². The van der Waals surface area contributed by atoms with Crippen LogP contribution in [-0.4, -0.2) is 44.1 Å². The lowest BCUT2D eigenvalue weighted by Crippen LogP contribution is -2.43. The van der Waals surface area contributed by atoms with Gasteiger partial charge in [-0.1, -0.05) is 18.2 Å². The number of hydrogen-bond donors (Lipinski definition) is 2. The molecule has 4 rings (SSSR count). The zero-order chi connectivity index (χ0) is 22.2. The third-order valence-electron chi connectivity index (χ3n) is 5.61. The molecule has 2 amide bonds. The Morgan fingerprint density at radius 3 is 2.52 bits per heavy atom. The predicted octanol–water partition coefficient (Wildman–Crippen LogP) is 2.75. The molecule has 1 saturated heterocycles. The number of piperidine rings is 1. The molecule has 0 saturated carbocycles. The fraction of sp³-hybridized carbons (Fsp3) is 0.318. The van der Waals surface area contributed by atoms with E-state index in [0.29, 0.717) is 42.3 Å². The molecular weight excluding hydrogens is 416 g/mol. The molecule has 8 nitrogen and oxygen atoms in total. The quantitative estimate of drug-likeness (QED) is 0.763. The molecule has 2 aliphatic heterocycles. The molecule has 162 valence electrons. The minimum absolute atomic E-state index is 0.137. The summed E-state index contributed by atoms with van der Waals surface area (Å²) < 4.78 is 28.8. The number of likely N-dealkylation sites (tertiary alicyclic amines) is 1. The molecule has 0 spiro atoms. The van der Waals surface area contributed by atoms with E-state index in [4.69, 9.17) is 0 Å². The number of carbonyl (C=O) groups is 2. The summed E-state index contributed by atoms with van der Waals surface area (Å²) in [6.07, 6.45) is 1.46. The van der Waals surface area contributed by atoms with Crippen LogP contribution in [0.1, 0.15) is 30.9 Å². The van der Waals surface area contributed by atoms with Gasteiger partial charge < -0.3 is 15.5 Å². The second-order valence-corrected chi connectivity index (χ2v) is 9.39. The zero-order valence-electron chi connectivity index (χ0n) is 17.4. The SMILES string of the molecule is CC(=O)Nc1cccc(NC(=O)C2CCCN(C3=NS(=O)(=O)c4ccccc43)C2)c1C. The molecule has 2 N–H and O–H groups in total. The van der Waals surface area contributed by atoms with Gasteiger partial charge in [-0.15, -0.1) is 4.40 Å². The van der Waals surface area contributed by atoms with E-state index in [1.54, 1.807) is 42.5 Å². The Bertz CT molecular complexity index is 1190. The highest BCUT2D eigenvalue weighted by atomic mass is 32.2. The van der Waals surface area contributed by atoms with Gasteiger partial charge in [-0.2, -0.15) is 8.42 Å². The highest BCUT2D eigenvalue weighted by molar-refractivity contribution is 7.90. The van der Waals surface area contributed by atoms with Gasteiger partial charge in [0.05, 0.1) is 5.92 Å². The normalized spacial score (nSPS) is 19.4. The Morgan fingerprint density at radius 1 is 1.06 bits per heavy atom. The molecule has 0 bridgehead atoms. The van der Waals surface area contributed by atoms with Gasteiger partial charge in [0.1, 0.15) is 4.90 Å². The first kappa shape index (κ1) is 21.0. The average molecular weight is 441 g/mol. The van der Waals surface area contributed by atoms with Crippen molar-refractivity contribution in [2.75, 3.05) is 23.7 Å². The van der Waals surface area contributed by atoms with Crippen molar-refractivity contribution in [1.29, 1.82) is 0 Å². The van der Waals surface area contributed by atoms with Gasteiger partial charge in [-0.25, -0.2) is 0 Å². The molecule has 0 radical (unpaired) electrons. The molecule has 1 atom stereocenters. The van der Waals surface area contributed by atoms with Crippen LogP contribution in [0.15, 0.2) is 51.8 Å². The van der Waals surface area contributed by atoms with Gasteiger partial charge in [0.15, 0.2) is 5.84 Å².